The number of carbonyl (C=O) groups is 1. The van der Waals surface area contributed by atoms with Crippen molar-refractivity contribution in [2.24, 2.45) is 0 Å². The van der Waals surface area contributed by atoms with Crippen molar-refractivity contribution in [2.45, 2.75) is 20.5 Å². The first-order valence-corrected chi connectivity index (χ1v) is 8.32. The number of anilines is 1. The number of nitrogens with zero attached hydrogens (tertiary/aromatic N) is 1. The van der Waals surface area contributed by atoms with Crippen LogP contribution in [0.15, 0.2) is 71.7 Å². The number of pyridine rings is 1. The average Bonchev–Trinajstić information content (AvgIpc) is 2.64. The zero-order chi connectivity index (χ0) is 18.5. The van der Waals surface area contributed by atoms with Gasteiger partial charge < -0.3 is 10.2 Å². The van der Waals surface area contributed by atoms with E-state index < -0.39 is 11.5 Å². The maximum absolute atomic E-state index is 12.5. The monoisotopic (exact) mass is 348 g/mol. The van der Waals surface area contributed by atoms with E-state index in [4.69, 9.17) is 4.84 Å². The number of aromatic nitrogens is 1. The summed E-state index contributed by atoms with van der Waals surface area (Å²) in [6, 6.07) is 18.3. The SMILES string of the molecule is Cc1ccc(NC(=O)c2cccn(OCc3ccccc3)c2=O)c(C)c1. The largest absolute Gasteiger partial charge is 0.406 e. The van der Waals surface area contributed by atoms with Crippen LogP contribution in [0.1, 0.15) is 27.0 Å². The number of hydrogen-bond acceptors (Lipinski definition) is 3. The van der Waals surface area contributed by atoms with Crippen LogP contribution in [0, 0.1) is 13.8 Å². The third kappa shape index (κ3) is 4.00. The van der Waals surface area contributed by atoms with Crippen molar-refractivity contribution in [3.63, 3.8) is 0 Å². The van der Waals surface area contributed by atoms with Gasteiger partial charge in [0, 0.05) is 11.9 Å². The van der Waals surface area contributed by atoms with Crippen molar-refractivity contribution < 1.29 is 9.63 Å². The molecule has 0 atom stereocenters. The summed E-state index contributed by atoms with van der Waals surface area (Å²) >= 11 is 0. The van der Waals surface area contributed by atoms with Gasteiger partial charge in [0.25, 0.3) is 11.5 Å². The van der Waals surface area contributed by atoms with Crippen molar-refractivity contribution >= 4 is 11.6 Å². The average molecular weight is 348 g/mol. The Hall–Kier alpha value is -3.34. The van der Waals surface area contributed by atoms with Crippen LogP contribution in [-0.4, -0.2) is 10.6 Å². The predicted octanol–water partition coefficient (Wildman–Crippen LogP) is 3.35. The van der Waals surface area contributed by atoms with Crippen molar-refractivity contribution in [3.8, 4) is 0 Å². The molecule has 0 fully saturated rings. The lowest BCUT2D eigenvalue weighted by Crippen LogP contribution is -2.32. The van der Waals surface area contributed by atoms with Gasteiger partial charge in [-0.15, -0.1) is 0 Å². The van der Waals surface area contributed by atoms with Gasteiger partial charge in [0.15, 0.2) is 0 Å². The van der Waals surface area contributed by atoms with Crippen LogP contribution >= 0.6 is 0 Å². The Bertz CT molecular complexity index is 978. The Kier molecular flexibility index (Phi) is 5.17. The molecule has 1 heterocycles. The molecule has 0 radical (unpaired) electrons. The molecule has 5 nitrogen and oxygen atoms in total. The number of benzene rings is 2. The summed E-state index contributed by atoms with van der Waals surface area (Å²) in [7, 11) is 0. The van der Waals surface area contributed by atoms with Crippen LogP contribution in [0.3, 0.4) is 0 Å². The first-order valence-electron chi connectivity index (χ1n) is 8.32. The smallest absolute Gasteiger partial charge is 0.295 e. The lowest BCUT2D eigenvalue weighted by atomic mass is 10.1. The normalized spacial score (nSPS) is 10.4. The maximum atomic E-state index is 12.5. The van der Waals surface area contributed by atoms with Crippen LogP contribution in [0.25, 0.3) is 0 Å². The molecule has 0 saturated carbocycles. The fourth-order valence-electron chi connectivity index (χ4n) is 2.61. The Morgan fingerprint density at radius 1 is 1.04 bits per heavy atom. The highest BCUT2D eigenvalue weighted by molar-refractivity contribution is 6.04. The molecule has 0 aliphatic carbocycles. The molecular formula is C21H20N2O3. The third-order valence-corrected chi connectivity index (χ3v) is 4.00. The number of carbonyl (C=O) groups excluding carboxylic acids is 1. The van der Waals surface area contributed by atoms with E-state index in [-0.39, 0.29) is 12.2 Å². The van der Waals surface area contributed by atoms with Crippen LogP contribution in [-0.2, 0) is 6.61 Å². The van der Waals surface area contributed by atoms with Crippen molar-refractivity contribution in [3.05, 3.63) is 99.5 Å². The van der Waals surface area contributed by atoms with Crippen molar-refractivity contribution in [1.29, 1.82) is 0 Å². The van der Waals surface area contributed by atoms with Crippen LogP contribution < -0.4 is 15.7 Å². The van der Waals surface area contributed by atoms with E-state index in [1.165, 1.54) is 12.3 Å². The first-order chi connectivity index (χ1) is 12.5. The number of nitrogens with one attached hydrogen (secondary N) is 1. The molecule has 3 rings (SSSR count). The van der Waals surface area contributed by atoms with E-state index in [2.05, 4.69) is 5.32 Å². The van der Waals surface area contributed by atoms with Gasteiger partial charge in [-0.3, -0.25) is 9.59 Å². The minimum Gasteiger partial charge on any atom is -0.406 e. The lowest BCUT2D eigenvalue weighted by molar-refractivity contribution is 0.0863. The third-order valence-electron chi connectivity index (χ3n) is 4.00. The molecule has 3 aromatic rings. The standard InChI is InChI=1S/C21H20N2O3/c1-15-10-11-19(16(2)13-15)22-20(24)18-9-6-12-23(21(18)25)26-14-17-7-4-3-5-8-17/h3-13H,14H2,1-2H3,(H,22,24). The van der Waals surface area contributed by atoms with Crippen molar-refractivity contribution in [1.82, 2.24) is 4.73 Å². The molecule has 1 aromatic heterocycles. The number of hydrogen-bond donors (Lipinski definition) is 1. The van der Waals surface area contributed by atoms with E-state index in [1.807, 2.05) is 62.4 Å². The van der Waals surface area contributed by atoms with Crippen molar-refractivity contribution in [2.75, 3.05) is 5.32 Å². The zero-order valence-electron chi connectivity index (χ0n) is 14.7. The molecular weight excluding hydrogens is 328 g/mol. The molecule has 1 amide bonds. The van der Waals surface area contributed by atoms with Crippen LogP contribution in [0.2, 0.25) is 0 Å². The second-order valence-corrected chi connectivity index (χ2v) is 6.08. The van der Waals surface area contributed by atoms with E-state index in [0.717, 1.165) is 21.4 Å². The maximum Gasteiger partial charge on any atom is 0.295 e. The van der Waals surface area contributed by atoms with Gasteiger partial charge >= 0.3 is 0 Å². The van der Waals surface area contributed by atoms with Crippen LogP contribution in [0.4, 0.5) is 5.69 Å². The van der Waals surface area contributed by atoms with E-state index in [9.17, 15) is 9.59 Å². The lowest BCUT2D eigenvalue weighted by Gasteiger charge is -2.11. The summed E-state index contributed by atoms with van der Waals surface area (Å²) in [5.41, 5.74) is 3.20. The molecule has 0 bridgehead atoms. The second-order valence-electron chi connectivity index (χ2n) is 6.08. The molecule has 0 spiro atoms. The Balaban J connectivity index is 1.77. The molecule has 0 unspecified atom stereocenters. The number of aryl methyl sites for hydroxylation is 2. The second kappa shape index (κ2) is 7.70. The highest BCUT2D eigenvalue weighted by Gasteiger charge is 2.14. The van der Waals surface area contributed by atoms with Gasteiger partial charge in [0.05, 0.1) is 0 Å². The summed E-state index contributed by atoms with van der Waals surface area (Å²) in [6.07, 6.45) is 1.50. The Morgan fingerprint density at radius 2 is 1.81 bits per heavy atom. The Morgan fingerprint density at radius 3 is 2.54 bits per heavy atom. The quantitative estimate of drug-likeness (QED) is 0.769. The fourth-order valence-corrected chi connectivity index (χ4v) is 2.61. The number of rotatable bonds is 5. The fraction of sp³-hybridized carbons (Fsp3) is 0.143. The zero-order valence-corrected chi connectivity index (χ0v) is 14.7. The van der Waals surface area contributed by atoms with Gasteiger partial charge in [-0.2, -0.15) is 4.73 Å². The summed E-state index contributed by atoms with van der Waals surface area (Å²) < 4.78 is 1.09. The molecule has 5 heteroatoms. The van der Waals surface area contributed by atoms with Gasteiger partial charge in [-0.25, -0.2) is 0 Å². The van der Waals surface area contributed by atoms with Gasteiger partial charge in [-0.1, -0.05) is 48.0 Å². The molecule has 132 valence electrons. The summed E-state index contributed by atoms with van der Waals surface area (Å²) in [4.78, 5) is 30.6. The molecule has 0 saturated heterocycles. The molecule has 0 aliphatic heterocycles. The van der Waals surface area contributed by atoms with E-state index in [0.29, 0.717) is 5.69 Å². The van der Waals surface area contributed by atoms with E-state index in [1.54, 1.807) is 6.07 Å². The van der Waals surface area contributed by atoms with Gasteiger partial charge in [0.2, 0.25) is 0 Å². The summed E-state index contributed by atoms with van der Waals surface area (Å²) in [5.74, 6) is -0.459. The minimum atomic E-state index is -0.495. The Labute approximate surface area is 151 Å². The first kappa shape index (κ1) is 17.5. The highest BCUT2D eigenvalue weighted by Crippen LogP contribution is 2.16. The van der Waals surface area contributed by atoms with E-state index >= 15 is 0 Å². The minimum absolute atomic E-state index is 0.0283. The number of amides is 1. The molecule has 0 aliphatic rings. The summed E-state index contributed by atoms with van der Waals surface area (Å²) in [5, 5.41) is 2.79. The van der Waals surface area contributed by atoms with Gasteiger partial charge in [0.1, 0.15) is 12.2 Å². The predicted molar refractivity (Wildman–Crippen MR) is 101 cm³/mol. The summed E-state index contributed by atoms with van der Waals surface area (Å²) in [6.45, 7) is 4.14. The topological polar surface area (TPSA) is 60.3 Å². The molecule has 1 N–H and O–H groups in total. The highest BCUT2D eigenvalue weighted by atomic mass is 16.7. The van der Waals surface area contributed by atoms with Gasteiger partial charge in [-0.05, 0) is 43.2 Å². The molecule has 2 aromatic carbocycles. The van der Waals surface area contributed by atoms with Crippen LogP contribution in [0.5, 0.6) is 0 Å². The molecule has 26 heavy (non-hydrogen) atoms.